The third kappa shape index (κ3) is 3.83. The molecule has 3 rings (SSSR count). The summed E-state index contributed by atoms with van der Waals surface area (Å²) >= 11 is 0. The summed E-state index contributed by atoms with van der Waals surface area (Å²) in [4.78, 5) is 0. The first-order chi connectivity index (χ1) is 11.2. The maximum absolute atomic E-state index is 9.87. The second-order valence-corrected chi connectivity index (χ2v) is 5.04. The van der Waals surface area contributed by atoms with E-state index in [1.54, 1.807) is 13.2 Å². The fourth-order valence-corrected chi connectivity index (χ4v) is 2.18. The van der Waals surface area contributed by atoms with Crippen LogP contribution in [0.25, 0.3) is 6.08 Å². The lowest BCUT2D eigenvalue weighted by Crippen LogP contribution is -1.96. The first-order valence-electron chi connectivity index (χ1n) is 7.13. The minimum absolute atomic E-state index is 0.249. The summed E-state index contributed by atoms with van der Waals surface area (Å²) in [5.41, 5.74) is 2.17. The van der Waals surface area contributed by atoms with E-state index in [0.717, 1.165) is 17.9 Å². The van der Waals surface area contributed by atoms with Crippen LogP contribution in [-0.2, 0) is 6.54 Å². The molecule has 1 aromatic carbocycles. The Morgan fingerprint density at radius 1 is 1.30 bits per heavy atom. The Morgan fingerprint density at radius 2 is 2.13 bits per heavy atom. The second-order valence-electron chi connectivity index (χ2n) is 5.04. The Balaban J connectivity index is 1.63. The highest BCUT2D eigenvalue weighted by atomic mass is 16.5. The molecule has 0 aliphatic heterocycles. The minimum atomic E-state index is -0.876. The molecule has 1 unspecified atom stereocenters. The van der Waals surface area contributed by atoms with E-state index in [-0.39, 0.29) is 5.82 Å². The zero-order valence-electron chi connectivity index (χ0n) is 12.6. The molecule has 0 spiro atoms. The number of aliphatic hydroxyl groups excluding tert-OH is 1. The van der Waals surface area contributed by atoms with Gasteiger partial charge in [0.25, 0.3) is 0 Å². The number of methoxy groups -OCH3 is 1. The van der Waals surface area contributed by atoms with Crippen molar-refractivity contribution in [2.45, 2.75) is 12.6 Å². The number of benzene rings is 1. The lowest BCUT2D eigenvalue weighted by Gasteiger charge is -2.04. The van der Waals surface area contributed by atoms with Gasteiger partial charge in [-0.25, -0.2) is 0 Å². The van der Waals surface area contributed by atoms with Crippen molar-refractivity contribution in [3.8, 4) is 5.75 Å². The molecule has 0 fully saturated rings. The molecule has 0 radical (unpaired) electrons. The van der Waals surface area contributed by atoms with Crippen LogP contribution < -0.4 is 4.74 Å². The number of aromatic nitrogens is 5. The van der Waals surface area contributed by atoms with Crippen LogP contribution in [0.3, 0.4) is 0 Å². The number of ether oxygens (including phenoxy) is 1. The molecule has 23 heavy (non-hydrogen) atoms. The fraction of sp³-hybridized carbons (Fsp3) is 0.188. The van der Waals surface area contributed by atoms with Gasteiger partial charge in [0.15, 0.2) is 0 Å². The lowest BCUT2D eigenvalue weighted by molar-refractivity contribution is 0.219. The van der Waals surface area contributed by atoms with E-state index in [9.17, 15) is 5.11 Å². The van der Waals surface area contributed by atoms with Gasteiger partial charge in [-0.2, -0.15) is 5.21 Å². The predicted molar refractivity (Wildman–Crippen MR) is 84.7 cm³/mol. The maximum atomic E-state index is 9.87. The molecule has 3 aromatic rings. The number of rotatable bonds is 6. The minimum Gasteiger partial charge on any atom is -0.497 e. The molecule has 7 heteroatoms. The van der Waals surface area contributed by atoms with E-state index in [4.69, 9.17) is 4.74 Å². The van der Waals surface area contributed by atoms with Crippen LogP contribution in [0.5, 0.6) is 5.75 Å². The van der Waals surface area contributed by atoms with E-state index in [2.05, 4.69) is 25.2 Å². The van der Waals surface area contributed by atoms with Crippen LogP contribution in [0, 0.1) is 0 Å². The van der Waals surface area contributed by atoms with Crippen molar-refractivity contribution in [2.75, 3.05) is 7.11 Å². The summed E-state index contributed by atoms with van der Waals surface area (Å²) in [6.07, 6.45) is 6.57. The highest BCUT2D eigenvalue weighted by Crippen LogP contribution is 2.14. The van der Waals surface area contributed by atoms with Crippen molar-refractivity contribution in [3.63, 3.8) is 0 Å². The van der Waals surface area contributed by atoms with Crippen molar-refractivity contribution < 1.29 is 9.84 Å². The second kappa shape index (κ2) is 6.89. The largest absolute Gasteiger partial charge is 0.497 e. The average molecular weight is 311 g/mol. The normalized spacial score (nSPS) is 12.6. The van der Waals surface area contributed by atoms with Gasteiger partial charge < -0.3 is 14.4 Å². The number of tetrazole rings is 1. The number of H-pyrrole nitrogens is 1. The van der Waals surface area contributed by atoms with Gasteiger partial charge in [-0.05, 0) is 35.4 Å². The Bertz CT molecular complexity index is 762. The quantitative estimate of drug-likeness (QED) is 0.724. The van der Waals surface area contributed by atoms with Crippen LogP contribution in [-0.4, -0.2) is 37.4 Å². The van der Waals surface area contributed by atoms with Crippen LogP contribution in [0.2, 0.25) is 0 Å². The summed E-state index contributed by atoms with van der Waals surface area (Å²) in [5, 5.41) is 23.1. The molecular weight excluding hydrogens is 294 g/mol. The Morgan fingerprint density at radius 3 is 2.83 bits per heavy atom. The van der Waals surface area contributed by atoms with Gasteiger partial charge in [-0.1, -0.05) is 23.4 Å². The summed E-state index contributed by atoms with van der Waals surface area (Å²) in [7, 11) is 1.66. The fourth-order valence-electron chi connectivity index (χ4n) is 2.18. The zero-order chi connectivity index (χ0) is 16.1. The molecule has 0 aliphatic carbocycles. The molecule has 2 heterocycles. The summed E-state index contributed by atoms with van der Waals surface area (Å²) in [6, 6.07) is 9.94. The van der Waals surface area contributed by atoms with Crippen LogP contribution in [0.15, 0.2) is 48.8 Å². The summed E-state index contributed by atoms with van der Waals surface area (Å²) in [5.74, 6) is 1.10. The highest BCUT2D eigenvalue weighted by Gasteiger charge is 2.07. The van der Waals surface area contributed by atoms with Crippen LogP contribution >= 0.6 is 0 Å². The third-order valence-corrected chi connectivity index (χ3v) is 3.39. The number of nitrogens with zero attached hydrogens (tertiary/aromatic N) is 4. The van der Waals surface area contributed by atoms with Crippen molar-refractivity contribution in [2.24, 2.45) is 0 Å². The molecule has 0 bridgehead atoms. The van der Waals surface area contributed by atoms with Crippen molar-refractivity contribution in [3.05, 3.63) is 65.8 Å². The SMILES string of the molecule is COc1ccc(Cn2ccc(C=CC(O)c3nn[nH]n3)c2)cc1. The van der Waals surface area contributed by atoms with Gasteiger partial charge in [0, 0.05) is 18.9 Å². The van der Waals surface area contributed by atoms with Gasteiger partial charge in [0.05, 0.1) is 7.11 Å². The number of nitrogens with one attached hydrogen (secondary N) is 1. The maximum Gasteiger partial charge on any atom is 0.206 e. The monoisotopic (exact) mass is 311 g/mol. The molecule has 2 N–H and O–H groups in total. The number of hydrogen-bond donors (Lipinski definition) is 2. The molecule has 7 nitrogen and oxygen atoms in total. The first-order valence-corrected chi connectivity index (χ1v) is 7.13. The Kier molecular flexibility index (Phi) is 4.49. The molecule has 118 valence electrons. The van der Waals surface area contributed by atoms with Crippen LogP contribution in [0.1, 0.15) is 23.1 Å². The van der Waals surface area contributed by atoms with Gasteiger partial charge in [-0.15, -0.1) is 10.2 Å². The number of aromatic amines is 1. The van der Waals surface area contributed by atoms with Gasteiger partial charge in [-0.3, -0.25) is 0 Å². The highest BCUT2D eigenvalue weighted by molar-refractivity contribution is 5.49. The van der Waals surface area contributed by atoms with Gasteiger partial charge in [0.1, 0.15) is 11.9 Å². The first kappa shape index (κ1) is 15.0. The summed E-state index contributed by atoms with van der Waals surface area (Å²) in [6.45, 7) is 0.769. The number of hydrogen-bond acceptors (Lipinski definition) is 5. The standard InChI is InChI=1S/C16H17N5O2/c1-23-14-5-2-12(3-6-14)10-21-9-8-13(11-21)4-7-15(22)16-17-19-20-18-16/h2-9,11,15,22H,10H2,1H3,(H,17,18,19,20). The molecule has 1 atom stereocenters. The smallest absolute Gasteiger partial charge is 0.206 e. The van der Waals surface area contributed by atoms with E-state index in [0.29, 0.717) is 0 Å². The van der Waals surface area contributed by atoms with Gasteiger partial charge in [0.2, 0.25) is 5.82 Å². The predicted octanol–water partition coefficient (Wildman–Crippen LogP) is 1.80. The van der Waals surface area contributed by atoms with Gasteiger partial charge >= 0.3 is 0 Å². The van der Waals surface area contributed by atoms with Crippen molar-refractivity contribution in [1.29, 1.82) is 0 Å². The Labute approximate surface area is 133 Å². The van der Waals surface area contributed by atoms with Crippen molar-refractivity contribution >= 4 is 6.08 Å². The summed E-state index contributed by atoms with van der Waals surface area (Å²) < 4.78 is 7.22. The molecule has 0 saturated heterocycles. The van der Waals surface area contributed by atoms with E-state index in [1.807, 2.05) is 48.8 Å². The average Bonchev–Trinajstić information content (AvgIpc) is 3.25. The van der Waals surface area contributed by atoms with E-state index >= 15 is 0 Å². The van der Waals surface area contributed by atoms with Crippen molar-refractivity contribution in [1.82, 2.24) is 25.2 Å². The molecule has 0 aliphatic rings. The van der Waals surface area contributed by atoms with Crippen LogP contribution in [0.4, 0.5) is 0 Å². The molecule has 0 saturated carbocycles. The molecule has 0 amide bonds. The topological polar surface area (TPSA) is 88.9 Å². The Hall–Kier alpha value is -2.93. The van der Waals surface area contributed by atoms with E-state index in [1.165, 1.54) is 5.56 Å². The zero-order valence-corrected chi connectivity index (χ0v) is 12.6. The van der Waals surface area contributed by atoms with E-state index < -0.39 is 6.10 Å². The molecule has 2 aromatic heterocycles. The third-order valence-electron chi connectivity index (χ3n) is 3.39. The lowest BCUT2D eigenvalue weighted by atomic mass is 10.2. The number of aliphatic hydroxyl groups is 1. The molecular formula is C16H17N5O2.